The lowest BCUT2D eigenvalue weighted by molar-refractivity contribution is 0.220. The summed E-state index contributed by atoms with van der Waals surface area (Å²) in [5.41, 5.74) is 5.88. The normalized spacial score (nSPS) is 39.0. The zero-order valence-electron chi connectivity index (χ0n) is 7.84. The maximum absolute atomic E-state index is 5.88. The highest BCUT2D eigenvalue weighted by Crippen LogP contribution is 2.31. The Morgan fingerprint density at radius 1 is 1.36 bits per heavy atom. The van der Waals surface area contributed by atoms with E-state index >= 15 is 0 Å². The molecule has 3 atom stereocenters. The van der Waals surface area contributed by atoms with Crippen LogP contribution in [0.4, 0.5) is 0 Å². The minimum atomic E-state index is 0.498. The van der Waals surface area contributed by atoms with Crippen LogP contribution in [0.25, 0.3) is 0 Å². The molecule has 0 amide bonds. The second-order valence-electron chi connectivity index (χ2n) is 4.10. The van der Waals surface area contributed by atoms with E-state index in [1.54, 1.807) is 0 Å². The fraction of sp³-hybridized carbons (Fsp3) is 1.00. The molecule has 0 bridgehead atoms. The topological polar surface area (TPSA) is 26.0 Å². The minimum Gasteiger partial charge on any atom is -0.328 e. The van der Waals surface area contributed by atoms with E-state index in [9.17, 15) is 0 Å². The quantitative estimate of drug-likeness (QED) is 0.651. The summed E-state index contributed by atoms with van der Waals surface area (Å²) >= 11 is 0. The molecule has 3 unspecified atom stereocenters. The molecular formula is C10H21N. The van der Waals surface area contributed by atoms with Crippen molar-refractivity contribution < 1.29 is 0 Å². The Bertz CT molecular complexity index is 111. The predicted octanol–water partition coefficient (Wildman–Crippen LogP) is 2.55. The molecule has 1 fully saturated rings. The van der Waals surface area contributed by atoms with Crippen molar-refractivity contribution in [3.8, 4) is 0 Å². The third kappa shape index (κ3) is 2.48. The zero-order chi connectivity index (χ0) is 8.27. The largest absolute Gasteiger partial charge is 0.328 e. The summed E-state index contributed by atoms with van der Waals surface area (Å²) in [6, 6.07) is 0.498. The Kier molecular flexibility index (Phi) is 3.38. The molecule has 0 aliphatic heterocycles. The molecule has 1 aliphatic carbocycles. The van der Waals surface area contributed by atoms with Gasteiger partial charge in [0.15, 0.2) is 0 Å². The molecule has 0 aromatic carbocycles. The van der Waals surface area contributed by atoms with Crippen LogP contribution in [0.5, 0.6) is 0 Å². The van der Waals surface area contributed by atoms with Crippen LogP contribution in [-0.2, 0) is 0 Å². The van der Waals surface area contributed by atoms with Crippen molar-refractivity contribution in [2.24, 2.45) is 17.6 Å². The van der Waals surface area contributed by atoms with Crippen LogP contribution in [-0.4, -0.2) is 6.04 Å². The molecule has 0 heterocycles. The van der Waals surface area contributed by atoms with Crippen LogP contribution in [0.1, 0.15) is 46.0 Å². The summed E-state index contributed by atoms with van der Waals surface area (Å²) in [7, 11) is 0. The van der Waals surface area contributed by atoms with E-state index in [2.05, 4.69) is 13.8 Å². The van der Waals surface area contributed by atoms with E-state index in [0.717, 1.165) is 11.8 Å². The molecule has 2 N–H and O–H groups in total. The van der Waals surface area contributed by atoms with Crippen molar-refractivity contribution in [2.75, 3.05) is 0 Å². The molecule has 0 saturated heterocycles. The lowest BCUT2D eigenvalue weighted by Gasteiger charge is -2.32. The van der Waals surface area contributed by atoms with Gasteiger partial charge in [0.2, 0.25) is 0 Å². The first kappa shape index (κ1) is 9.05. The van der Waals surface area contributed by atoms with Gasteiger partial charge in [-0.15, -0.1) is 0 Å². The van der Waals surface area contributed by atoms with Crippen LogP contribution in [0, 0.1) is 11.8 Å². The third-order valence-corrected chi connectivity index (χ3v) is 3.05. The summed E-state index contributed by atoms with van der Waals surface area (Å²) in [4.78, 5) is 0. The minimum absolute atomic E-state index is 0.498. The maximum atomic E-state index is 5.88. The number of hydrogen-bond acceptors (Lipinski definition) is 1. The number of rotatable bonds is 2. The van der Waals surface area contributed by atoms with Gasteiger partial charge in [-0.05, 0) is 31.1 Å². The van der Waals surface area contributed by atoms with E-state index in [-0.39, 0.29) is 0 Å². The SMILES string of the molecule is CCCC1CCC(N)CC1C. The molecule has 0 radical (unpaired) electrons. The first-order chi connectivity index (χ1) is 5.24. The van der Waals surface area contributed by atoms with E-state index in [4.69, 9.17) is 5.73 Å². The van der Waals surface area contributed by atoms with Gasteiger partial charge >= 0.3 is 0 Å². The van der Waals surface area contributed by atoms with Gasteiger partial charge in [0.05, 0.1) is 0 Å². The molecular weight excluding hydrogens is 134 g/mol. The van der Waals surface area contributed by atoms with E-state index in [0.29, 0.717) is 6.04 Å². The van der Waals surface area contributed by atoms with Crippen molar-refractivity contribution in [2.45, 2.75) is 52.0 Å². The van der Waals surface area contributed by atoms with Gasteiger partial charge in [-0.1, -0.05) is 26.7 Å². The average molecular weight is 155 g/mol. The molecule has 1 rings (SSSR count). The Hall–Kier alpha value is -0.0400. The van der Waals surface area contributed by atoms with Crippen molar-refractivity contribution in [3.63, 3.8) is 0 Å². The van der Waals surface area contributed by atoms with Crippen LogP contribution in [0.2, 0.25) is 0 Å². The molecule has 66 valence electrons. The monoisotopic (exact) mass is 155 g/mol. The molecule has 0 spiro atoms. The van der Waals surface area contributed by atoms with Crippen LogP contribution in [0.15, 0.2) is 0 Å². The fourth-order valence-electron chi connectivity index (χ4n) is 2.30. The molecule has 0 aromatic heterocycles. The average Bonchev–Trinajstić information content (AvgIpc) is 1.95. The summed E-state index contributed by atoms with van der Waals surface area (Å²) in [5.74, 6) is 1.85. The summed E-state index contributed by atoms with van der Waals surface area (Å²) in [6.07, 6.45) is 6.63. The van der Waals surface area contributed by atoms with Gasteiger partial charge in [0.25, 0.3) is 0 Å². The Morgan fingerprint density at radius 3 is 2.64 bits per heavy atom. The van der Waals surface area contributed by atoms with Gasteiger partial charge < -0.3 is 5.73 Å². The highest BCUT2D eigenvalue weighted by Gasteiger charge is 2.24. The van der Waals surface area contributed by atoms with E-state index in [1.807, 2.05) is 0 Å². The van der Waals surface area contributed by atoms with E-state index < -0.39 is 0 Å². The Labute approximate surface area is 70.4 Å². The van der Waals surface area contributed by atoms with Crippen molar-refractivity contribution in [1.29, 1.82) is 0 Å². The summed E-state index contributed by atoms with van der Waals surface area (Å²) in [6.45, 7) is 4.64. The first-order valence-electron chi connectivity index (χ1n) is 4.99. The highest BCUT2D eigenvalue weighted by atomic mass is 14.6. The zero-order valence-corrected chi connectivity index (χ0v) is 7.84. The van der Waals surface area contributed by atoms with Crippen LogP contribution >= 0.6 is 0 Å². The standard InChI is InChI=1S/C10H21N/c1-3-4-9-5-6-10(11)7-8(9)2/h8-10H,3-7,11H2,1-2H3. The number of nitrogens with two attached hydrogens (primary N) is 1. The molecule has 1 saturated carbocycles. The Morgan fingerprint density at radius 2 is 2.09 bits per heavy atom. The molecule has 0 aromatic rings. The number of hydrogen-bond donors (Lipinski definition) is 1. The first-order valence-corrected chi connectivity index (χ1v) is 4.99. The van der Waals surface area contributed by atoms with Gasteiger partial charge in [-0.3, -0.25) is 0 Å². The summed E-state index contributed by atoms with van der Waals surface area (Å²) in [5, 5.41) is 0. The Balaban J connectivity index is 2.31. The van der Waals surface area contributed by atoms with Crippen molar-refractivity contribution in [3.05, 3.63) is 0 Å². The van der Waals surface area contributed by atoms with Gasteiger partial charge in [-0.2, -0.15) is 0 Å². The smallest absolute Gasteiger partial charge is 0.00415 e. The second kappa shape index (κ2) is 4.10. The highest BCUT2D eigenvalue weighted by molar-refractivity contribution is 4.78. The lowest BCUT2D eigenvalue weighted by Crippen LogP contribution is -2.31. The molecule has 1 nitrogen and oxygen atoms in total. The van der Waals surface area contributed by atoms with E-state index in [1.165, 1.54) is 32.1 Å². The maximum Gasteiger partial charge on any atom is 0.00415 e. The molecule has 11 heavy (non-hydrogen) atoms. The molecule has 1 heteroatoms. The second-order valence-corrected chi connectivity index (χ2v) is 4.10. The fourth-order valence-corrected chi connectivity index (χ4v) is 2.30. The third-order valence-electron chi connectivity index (χ3n) is 3.05. The van der Waals surface area contributed by atoms with Crippen molar-refractivity contribution >= 4 is 0 Å². The summed E-state index contributed by atoms with van der Waals surface area (Å²) < 4.78 is 0. The van der Waals surface area contributed by atoms with Crippen LogP contribution in [0.3, 0.4) is 0 Å². The predicted molar refractivity (Wildman–Crippen MR) is 49.4 cm³/mol. The van der Waals surface area contributed by atoms with Gasteiger partial charge in [-0.25, -0.2) is 0 Å². The van der Waals surface area contributed by atoms with Crippen LogP contribution < -0.4 is 5.73 Å². The van der Waals surface area contributed by atoms with Crippen molar-refractivity contribution in [1.82, 2.24) is 0 Å². The van der Waals surface area contributed by atoms with Gasteiger partial charge in [0, 0.05) is 6.04 Å². The van der Waals surface area contributed by atoms with Gasteiger partial charge in [0.1, 0.15) is 0 Å². The lowest BCUT2D eigenvalue weighted by atomic mass is 9.76. The molecule has 1 aliphatic rings.